The van der Waals surface area contributed by atoms with E-state index in [0.717, 1.165) is 21.4 Å². The zero-order chi connectivity index (χ0) is 19.1. The van der Waals surface area contributed by atoms with Crippen molar-refractivity contribution in [2.24, 2.45) is 5.92 Å². The Morgan fingerprint density at radius 1 is 1.12 bits per heavy atom. The van der Waals surface area contributed by atoms with E-state index >= 15 is 0 Å². The number of hydrogen-bond donors (Lipinski definition) is 2. The number of amides is 1. The van der Waals surface area contributed by atoms with Crippen molar-refractivity contribution in [3.63, 3.8) is 0 Å². The summed E-state index contributed by atoms with van der Waals surface area (Å²) in [7, 11) is 3.24. The maximum Gasteiger partial charge on any atom is 0.224 e. The summed E-state index contributed by atoms with van der Waals surface area (Å²) in [5, 5.41) is 6.29. The molecule has 140 valence electrons. The monoisotopic (exact) mass is 420 g/mol. The van der Waals surface area contributed by atoms with Crippen LogP contribution < -0.4 is 20.1 Å². The maximum atomic E-state index is 11.9. The summed E-state index contributed by atoms with van der Waals surface area (Å²) in [6, 6.07) is 11.5. The first-order chi connectivity index (χ1) is 12.4. The number of anilines is 2. The van der Waals surface area contributed by atoms with Crippen molar-refractivity contribution in [1.82, 2.24) is 0 Å². The topological polar surface area (TPSA) is 59.6 Å². The predicted octanol–water partition coefficient (Wildman–Crippen LogP) is 5.06. The second-order valence-corrected chi connectivity index (χ2v) is 7.30. The second-order valence-electron chi connectivity index (χ2n) is 6.38. The van der Waals surface area contributed by atoms with Gasteiger partial charge in [0.1, 0.15) is 0 Å². The maximum absolute atomic E-state index is 11.9. The standard InChI is InChI=1S/C20H25BrN2O3/c1-13(2)8-19(24)23-17-7-5-6-16(11-17)22-12-14-9-15(21)10-18(25-3)20(14)26-4/h5-7,9-11,13,22H,8,12H2,1-4H3,(H,23,24). The van der Waals surface area contributed by atoms with Crippen LogP contribution in [-0.4, -0.2) is 20.1 Å². The number of hydrogen-bond acceptors (Lipinski definition) is 4. The van der Waals surface area contributed by atoms with Crippen LogP contribution in [0.3, 0.4) is 0 Å². The molecule has 0 atom stereocenters. The van der Waals surface area contributed by atoms with Gasteiger partial charge in [0.05, 0.1) is 14.2 Å². The van der Waals surface area contributed by atoms with E-state index < -0.39 is 0 Å². The Hall–Kier alpha value is -2.21. The molecule has 2 rings (SSSR count). The number of halogens is 1. The lowest BCUT2D eigenvalue weighted by atomic mass is 10.1. The first kappa shape index (κ1) is 20.1. The van der Waals surface area contributed by atoms with Crippen LogP contribution in [0, 0.1) is 5.92 Å². The van der Waals surface area contributed by atoms with Crippen molar-refractivity contribution >= 4 is 33.2 Å². The van der Waals surface area contributed by atoms with Gasteiger partial charge >= 0.3 is 0 Å². The molecule has 5 nitrogen and oxygen atoms in total. The first-order valence-corrected chi connectivity index (χ1v) is 9.26. The van der Waals surface area contributed by atoms with Crippen molar-refractivity contribution in [3.8, 4) is 11.5 Å². The minimum absolute atomic E-state index is 0.0237. The second kappa shape index (κ2) is 9.48. The zero-order valence-electron chi connectivity index (χ0n) is 15.6. The molecule has 6 heteroatoms. The van der Waals surface area contributed by atoms with E-state index in [1.807, 2.05) is 50.2 Å². The first-order valence-electron chi connectivity index (χ1n) is 8.47. The molecule has 0 aliphatic carbocycles. The van der Waals surface area contributed by atoms with Crippen molar-refractivity contribution in [1.29, 1.82) is 0 Å². The van der Waals surface area contributed by atoms with Gasteiger partial charge in [-0.05, 0) is 36.2 Å². The lowest BCUT2D eigenvalue weighted by Gasteiger charge is -2.15. The van der Waals surface area contributed by atoms with Gasteiger partial charge in [-0.25, -0.2) is 0 Å². The lowest BCUT2D eigenvalue weighted by Crippen LogP contribution is -2.14. The lowest BCUT2D eigenvalue weighted by molar-refractivity contribution is -0.116. The fraction of sp³-hybridized carbons (Fsp3) is 0.350. The Kier molecular flexibility index (Phi) is 7.33. The van der Waals surface area contributed by atoms with Gasteiger partial charge in [0.2, 0.25) is 5.91 Å². The zero-order valence-corrected chi connectivity index (χ0v) is 17.1. The van der Waals surface area contributed by atoms with Crippen LogP contribution in [0.2, 0.25) is 0 Å². The molecule has 0 saturated heterocycles. The Labute approximate surface area is 163 Å². The molecule has 0 unspecified atom stereocenters. The number of carbonyl (C=O) groups is 1. The van der Waals surface area contributed by atoms with E-state index in [-0.39, 0.29) is 5.91 Å². The number of carbonyl (C=O) groups excluding carboxylic acids is 1. The number of methoxy groups -OCH3 is 2. The van der Waals surface area contributed by atoms with Crippen molar-refractivity contribution in [2.45, 2.75) is 26.8 Å². The van der Waals surface area contributed by atoms with E-state index in [0.29, 0.717) is 30.4 Å². The molecule has 1 amide bonds. The molecule has 0 saturated carbocycles. The van der Waals surface area contributed by atoms with Gasteiger partial charge in [0.25, 0.3) is 0 Å². The highest BCUT2D eigenvalue weighted by Crippen LogP contribution is 2.35. The largest absolute Gasteiger partial charge is 0.493 e. The molecule has 0 aromatic heterocycles. The van der Waals surface area contributed by atoms with Crippen LogP contribution in [0.1, 0.15) is 25.8 Å². The van der Waals surface area contributed by atoms with Crippen molar-refractivity contribution in [3.05, 3.63) is 46.4 Å². The number of nitrogens with one attached hydrogen (secondary N) is 2. The smallest absolute Gasteiger partial charge is 0.224 e. The minimum Gasteiger partial charge on any atom is -0.493 e. The van der Waals surface area contributed by atoms with E-state index in [4.69, 9.17) is 9.47 Å². The van der Waals surface area contributed by atoms with Gasteiger partial charge in [-0.15, -0.1) is 0 Å². The van der Waals surface area contributed by atoms with E-state index in [1.54, 1.807) is 14.2 Å². The minimum atomic E-state index is 0.0237. The van der Waals surface area contributed by atoms with Crippen LogP contribution in [0.25, 0.3) is 0 Å². The summed E-state index contributed by atoms with van der Waals surface area (Å²) in [5.41, 5.74) is 2.65. The molecule has 0 spiro atoms. The third-order valence-corrected chi connectivity index (χ3v) is 4.20. The molecule has 2 aromatic rings. The van der Waals surface area contributed by atoms with Gasteiger partial charge in [0.15, 0.2) is 11.5 Å². The fourth-order valence-electron chi connectivity index (χ4n) is 2.62. The van der Waals surface area contributed by atoms with Gasteiger partial charge < -0.3 is 20.1 Å². The average Bonchev–Trinajstić information content (AvgIpc) is 2.58. The van der Waals surface area contributed by atoms with Crippen molar-refractivity contribution in [2.75, 3.05) is 24.9 Å². The van der Waals surface area contributed by atoms with Gasteiger partial charge in [-0.2, -0.15) is 0 Å². The number of ether oxygens (including phenoxy) is 2. The highest BCUT2D eigenvalue weighted by atomic mass is 79.9. The summed E-state index contributed by atoms with van der Waals surface area (Å²) in [4.78, 5) is 11.9. The summed E-state index contributed by atoms with van der Waals surface area (Å²) in [6.45, 7) is 4.61. The van der Waals surface area contributed by atoms with E-state index in [9.17, 15) is 4.79 Å². The van der Waals surface area contributed by atoms with Crippen molar-refractivity contribution < 1.29 is 14.3 Å². The SMILES string of the molecule is COc1cc(Br)cc(CNc2cccc(NC(=O)CC(C)C)c2)c1OC. The van der Waals surface area contributed by atoms with Crippen LogP contribution in [0.4, 0.5) is 11.4 Å². The van der Waals surface area contributed by atoms with Gasteiger partial charge in [0, 0.05) is 34.4 Å². The molecule has 26 heavy (non-hydrogen) atoms. The molecular formula is C20H25BrN2O3. The third-order valence-electron chi connectivity index (χ3n) is 3.74. The Morgan fingerprint density at radius 2 is 1.85 bits per heavy atom. The van der Waals surface area contributed by atoms with Crippen LogP contribution in [0.15, 0.2) is 40.9 Å². The number of rotatable bonds is 8. The molecule has 0 radical (unpaired) electrons. The predicted molar refractivity (Wildman–Crippen MR) is 109 cm³/mol. The average molecular weight is 421 g/mol. The molecule has 0 aliphatic heterocycles. The Bertz CT molecular complexity index is 763. The molecule has 2 aromatic carbocycles. The summed E-state index contributed by atoms with van der Waals surface area (Å²) < 4.78 is 11.8. The molecule has 0 fully saturated rings. The van der Waals surface area contributed by atoms with Gasteiger partial charge in [-0.3, -0.25) is 4.79 Å². The van der Waals surface area contributed by atoms with Crippen LogP contribution >= 0.6 is 15.9 Å². The van der Waals surface area contributed by atoms with Crippen LogP contribution in [-0.2, 0) is 11.3 Å². The highest BCUT2D eigenvalue weighted by Gasteiger charge is 2.12. The summed E-state index contributed by atoms with van der Waals surface area (Å²) >= 11 is 3.49. The molecular weight excluding hydrogens is 396 g/mol. The van der Waals surface area contributed by atoms with Gasteiger partial charge in [-0.1, -0.05) is 35.8 Å². The molecule has 0 heterocycles. The third kappa shape index (κ3) is 5.66. The van der Waals surface area contributed by atoms with E-state index in [1.165, 1.54) is 0 Å². The van der Waals surface area contributed by atoms with Crippen LogP contribution in [0.5, 0.6) is 11.5 Å². The molecule has 2 N–H and O–H groups in total. The fourth-order valence-corrected chi connectivity index (χ4v) is 3.11. The number of benzene rings is 2. The Balaban J connectivity index is 2.10. The highest BCUT2D eigenvalue weighted by molar-refractivity contribution is 9.10. The normalized spacial score (nSPS) is 10.5. The Morgan fingerprint density at radius 3 is 2.50 bits per heavy atom. The molecule has 0 aliphatic rings. The summed E-state index contributed by atoms with van der Waals surface area (Å²) in [6.07, 6.45) is 0.507. The quantitative estimate of drug-likeness (QED) is 0.626. The van der Waals surface area contributed by atoms with E-state index in [2.05, 4.69) is 26.6 Å². The molecule has 0 bridgehead atoms. The summed E-state index contributed by atoms with van der Waals surface area (Å²) in [5.74, 6) is 1.73.